The van der Waals surface area contributed by atoms with Crippen molar-refractivity contribution in [2.75, 3.05) is 7.05 Å². The van der Waals surface area contributed by atoms with E-state index in [2.05, 4.69) is 14.6 Å². The maximum atomic E-state index is 12.2. The van der Waals surface area contributed by atoms with Crippen molar-refractivity contribution in [3.8, 4) is 5.75 Å². The summed E-state index contributed by atoms with van der Waals surface area (Å²) in [5, 5.41) is 2.74. The average Bonchev–Trinajstić information content (AvgIpc) is 2.97. The van der Waals surface area contributed by atoms with Gasteiger partial charge in [0.25, 0.3) is 0 Å². The van der Waals surface area contributed by atoms with E-state index in [0.717, 1.165) is 23.6 Å². The van der Waals surface area contributed by atoms with Crippen molar-refractivity contribution in [1.82, 2.24) is 9.47 Å². The van der Waals surface area contributed by atoms with Gasteiger partial charge in [0.05, 0.1) is 5.69 Å². The molecule has 0 bridgehead atoms. The number of benzene rings is 2. The Balaban J connectivity index is 1.69. The van der Waals surface area contributed by atoms with E-state index < -0.39 is 6.36 Å². The third kappa shape index (κ3) is 6.35. The van der Waals surface area contributed by atoms with Crippen molar-refractivity contribution in [3.63, 3.8) is 0 Å². The predicted octanol–water partition coefficient (Wildman–Crippen LogP) is 5.50. The molecule has 0 amide bonds. The van der Waals surface area contributed by atoms with Crippen LogP contribution in [0, 0.1) is 0 Å². The van der Waals surface area contributed by atoms with Gasteiger partial charge in [-0.2, -0.15) is 0 Å². The lowest BCUT2D eigenvalue weighted by atomic mass is 10.2. The van der Waals surface area contributed by atoms with E-state index in [4.69, 9.17) is 11.6 Å². The first-order valence-electron chi connectivity index (χ1n) is 8.66. The summed E-state index contributed by atoms with van der Waals surface area (Å²) in [6, 6.07) is 13.2. The fourth-order valence-electron chi connectivity index (χ4n) is 2.71. The average molecular weight is 442 g/mol. The van der Waals surface area contributed by atoms with Gasteiger partial charge in [0.1, 0.15) is 5.75 Å². The molecule has 29 heavy (non-hydrogen) atoms. The van der Waals surface area contributed by atoms with Gasteiger partial charge in [-0.05, 0) is 49.0 Å². The van der Waals surface area contributed by atoms with Gasteiger partial charge in [-0.25, -0.2) is 4.99 Å². The molecular formula is C20H19ClF3N3OS. The molecule has 9 heteroatoms. The van der Waals surface area contributed by atoms with E-state index in [1.807, 2.05) is 48.3 Å². The third-order valence-electron chi connectivity index (χ3n) is 4.11. The number of hydrogen-bond donors (Lipinski definition) is 0. The molecule has 154 valence electrons. The second-order valence-electron chi connectivity index (χ2n) is 6.52. The maximum absolute atomic E-state index is 12.2. The van der Waals surface area contributed by atoms with Crippen LogP contribution in [0.2, 0.25) is 5.02 Å². The Labute approximate surface area is 175 Å². The normalized spacial score (nSPS) is 12.6. The number of hydrogen-bond acceptors (Lipinski definition) is 4. The minimum Gasteiger partial charge on any atom is -0.406 e. The number of alkyl halides is 3. The summed E-state index contributed by atoms with van der Waals surface area (Å²) in [6.07, 6.45) is -4.70. The van der Waals surface area contributed by atoms with Crippen molar-refractivity contribution in [2.45, 2.75) is 19.5 Å². The van der Waals surface area contributed by atoms with Gasteiger partial charge in [0, 0.05) is 36.2 Å². The molecule has 0 aliphatic rings. The summed E-state index contributed by atoms with van der Waals surface area (Å²) in [7, 11) is 3.95. The zero-order valence-corrected chi connectivity index (χ0v) is 17.4. The van der Waals surface area contributed by atoms with E-state index >= 15 is 0 Å². The SMILES string of the molecule is CN(Cc1ccc(Cl)cc1)Cc1csc(=Nc2ccc(OC(F)(F)F)cc2)n1C. The molecule has 1 aromatic heterocycles. The summed E-state index contributed by atoms with van der Waals surface area (Å²) in [4.78, 5) is 7.44. The lowest BCUT2D eigenvalue weighted by Gasteiger charge is -2.17. The van der Waals surface area contributed by atoms with E-state index in [0.29, 0.717) is 10.7 Å². The number of aromatic nitrogens is 1. The quantitative estimate of drug-likeness (QED) is 0.505. The van der Waals surface area contributed by atoms with Crippen molar-refractivity contribution in [3.05, 3.63) is 75.0 Å². The molecule has 3 rings (SSSR count). The van der Waals surface area contributed by atoms with Crippen molar-refractivity contribution < 1.29 is 17.9 Å². The van der Waals surface area contributed by atoms with Gasteiger partial charge >= 0.3 is 6.36 Å². The van der Waals surface area contributed by atoms with Crippen LogP contribution in [0.25, 0.3) is 0 Å². The fraction of sp³-hybridized carbons (Fsp3) is 0.250. The highest BCUT2D eigenvalue weighted by Crippen LogP contribution is 2.24. The summed E-state index contributed by atoms with van der Waals surface area (Å²) < 4.78 is 42.6. The zero-order chi connectivity index (χ0) is 21.0. The van der Waals surface area contributed by atoms with Crippen LogP contribution >= 0.6 is 22.9 Å². The molecule has 4 nitrogen and oxygen atoms in total. The monoisotopic (exact) mass is 441 g/mol. The highest BCUT2D eigenvalue weighted by atomic mass is 35.5. The van der Waals surface area contributed by atoms with Crippen molar-refractivity contribution in [2.24, 2.45) is 12.0 Å². The fourth-order valence-corrected chi connectivity index (χ4v) is 3.75. The molecule has 0 atom stereocenters. The first kappa shape index (κ1) is 21.4. The molecule has 2 aromatic carbocycles. The van der Waals surface area contributed by atoms with Gasteiger partial charge in [-0.15, -0.1) is 24.5 Å². The molecule has 0 saturated heterocycles. The topological polar surface area (TPSA) is 29.8 Å². The highest BCUT2D eigenvalue weighted by molar-refractivity contribution is 7.07. The summed E-state index contributed by atoms with van der Waals surface area (Å²) in [6.45, 7) is 1.50. The Morgan fingerprint density at radius 3 is 2.34 bits per heavy atom. The lowest BCUT2D eigenvalue weighted by molar-refractivity contribution is -0.274. The summed E-state index contributed by atoms with van der Waals surface area (Å²) >= 11 is 7.40. The van der Waals surface area contributed by atoms with E-state index in [-0.39, 0.29) is 5.75 Å². The highest BCUT2D eigenvalue weighted by Gasteiger charge is 2.30. The van der Waals surface area contributed by atoms with Gasteiger partial charge in [-0.3, -0.25) is 4.90 Å². The van der Waals surface area contributed by atoms with Crippen molar-refractivity contribution >= 4 is 28.6 Å². The van der Waals surface area contributed by atoms with Crippen LogP contribution in [0.15, 0.2) is 58.9 Å². The second-order valence-corrected chi connectivity index (χ2v) is 7.79. The van der Waals surface area contributed by atoms with Gasteiger partial charge in [0.2, 0.25) is 0 Å². The Morgan fingerprint density at radius 1 is 1.07 bits per heavy atom. The number of thiazole rings is 1. The van der Waals surface area contributed by atoms with Crippen LogP contribution in [0.3, 0.4) is 0 Å². The van der Waals surface area contributed by atoms with Crippen LogP contribution in [-0.4, -0.2) is 22.9 Å². The Morgan fingerprint density at radius 2 is 1.72 bits per heavy atom. The molecule has 0 aliphatic carbocycles. The Bertz CT molecular complexity index is 1010. The smallest absolute Gasteiger partial charge is 0.406 e. The van der Waals surface area contributed by atoms with E-state index in [1.54, 1.807) is 0 Å². The molecule has 0 radical (unpaired) electrons. The van der Waals surface area contributed by atoms with Crippen LogP contribution in [-0.2, 0) is 20.1 Å². The lowest BCUT2D eigenvalue weighted by Crippen LogP contribution is -2.21. The molecular weight excluding hydrogens is 423 g/mol. The Hall–Kier alpha value is -2.29. The van der Waals surface area contributed by atoms with Crippen molar-refractivity contribution in [1.29, 1.82) is 0 Å². The predicted molar refractivity (Wildman–Crippen MR) is 108 cm³/mol. The molecule has 0 N–H and O–H groups in total. The maximum Gasteiger partial charge on any atom is 0.573 e. The third-order valence-corrected chi connectivity index (χ3v) is 5.33. The molecule has 1 heterocycles. The molecule has 0 fully saturated rings. The molecule has 0 saturated carbocycles. The standard InChI is InChI=1S/C20H19ClF3N3OS/c1-26(11-14-3-5-15(21)6-4-14)12-17-13-29-19(27(17)2)25-16-7-9-18(10-8-16)28-20(22,23)24/h3-10,13H,11-12H2,1-2H3. The van der Waals surface area contributed by atoms with Gasteiger partial charge in [-0.1, -0.05) is 23.7 Å². The second kappa shape index (κ2) is 9.02. The number of rotatable bonds is 6. The largest absolute Gasteiger partial charge is 0.573 e. The van der Waals surface area contributed by atoms with Gasteiger partial charge < -0.3 is 9.30 Å². The molecule has 0 unspecified atom stereocenters. The minimum absolute atomic E-state index is 0.267. The molecule has 0 aliphatic heterocycles. The number of halogens is 4. The van der Waals surface area contributed by atoms with Crippen LogP contribution in [0.1, 0.15) is 11.3 Å². The zero-order valence-electron chi connectivity index (χ0n) is 15.8. The summed E-state index contributed by atoms with van der Waals surface area (Å²) in [5.41, 5.74) is 2.81. The van der Waals surface area contributed by atoms with Gasteiger partial charge in [0.15, 0.2) is 4.80 Å². The molecule has 0 spiro atoms. The van der Waals surface area contributed by atoms with Crippen LogP contribution in [0.5, 0.6) is 5.75 Å². The number of ether oxygens (including phenoxy) is 1. The summed E-state index contributed by atoms with van der Waals surface area (Å²) in [5.74, 6) is -0.267. The first-order valence-corrected chi connectivity index (χ1v) is 9.92. The number of nitrogens with zero attached hydrogens (tertiary/aromatic N) is 3. The van der Waals surface area contributed by atoms with E-state index in [9.17, 15) is 13.2 Å². The van der Waals surface area contributed by atoms with Crippen LogP contribution in [0.4, 0.5) is 18.9 Å². The minimum atomic E-state index is -4.70. The van der Waals surface area contributed by atoms with E-state index in [1.165, 1.54) is 41.2 Å². The van der Waals surface area contributed by atoms with Crippen LogP contribution < -0.4 is 9.54 Å². The Kier molecular flexibility index (Phi) is 6.66. The molecule has 3 aromatic rings. The first-order chi connectivity index (χ1) is 13.7.